The van der Waals surface area contributed by atoms with Crippen LogP contribution >= 0.6 is 10.7 Å². The largest absolute Gasteiger partial charge is 0.488 e. The third kappa shape index (κ3) is 3.50. The highest BCUT2D eigenvalue weighted by molar-refractivity contribution is 8.13. The first-order chi connectivity index (χ1) is 7.45. The van der Waals surface area contributed by atoms with Gasteiger partial charge in [-0.05, 0) is 25.1 Å². The topological polar surface area (TPSA) is 43.4 Å². The first kappa shape index (κ1) is 13.0. The van der Waals surface area contributed by atoms with Crippen molar-refractivity contribution in [3.05, 3.63) is 36.2 Å². The maximum Gasteiger partial charge on any atom is 0.265 e. The molecule has 1 rings (SSSR count). The molecule has 0 heterocycles. The summed E-state index contributed by atoms with van der Waals surface area (Å²) < 4.78 is 40.3. The standard InChI is InChI=1S/C10H10ClFO3S/c1-2-3-6-15-9-5-4-8(12)7-10(9)16(11,13)14/h2-5,7H,6H2,1H3/b3-2+. The van der Waals surface area contributed by atoms with E-state index in [1.54, 1.807) is 19.1 Å². The van der Waals surface area contributed by atoms with Crippen molar-refractivity contribution in [3.63, 3.8) is 0 Å². The lowest BCUT2D eigenvalue weighted by molar-refractivity contribution is 0.352. The summed E-state index contributed by atoms with van der Waals surface area (Å²) in [6.45, 7) is 1.99. The van der Waals surface area contributed by atoms with Crippen molar-refractivity contribution in [3.8, 4) is 5.75 Å². The molecule has 3 nitrogen and oxygen atoms in total. The minimum absolute atomic E-state index is 0.0366. The Morgan fingerprint density at radius 1 is 1.50 bits per heavy atom. The molecular formula is C10H10ClFO3S. The van der Waals surface area contributed by atoms with Crippen LogP contribution < -0.4 is 4.74 Å². The number of hydrogen-bond donors (Lipinski definition) is 0. The van der Waals surface area contributed by atoms with Crippen LogP contribution in [0.25, 0.3) is 0 Å². The molecule has 0 spiro atoms. The molecule has 0 fully saturated rings. The predicted molar refractivity (Wildman–Crippen MR) is 59.7 cm³/mol. The third-order valence-electron chi connectivity index (χ3n) is 1.74. The number of allylic oxidation sites excluding steroid dienone is 1. The zero-order valence-electron chi connectivity index (χ0n) is 8.48. The number of hydrogen-bond acceptors (Lipinski definition) is 3. The zero-order chi connectivity index (χ0) is 12.2. The second kappa shape index (κ2) is 5.32. The molecule has 1 aromatic rings. The van der Waals surface area contributed by atoms with E-state index in [1.165, 1.54) is 6.07 Å². The summed E-state index contributed by atoms with van der Waals surface area (Å²) in [4.78, 5) is -0.362. The maximum atomic E-state index is 12.9. The van der Waals surface area contributed by atoms with Crippen LogP contribution in [0.4, 0.5) is 4.39 Å². The summed E-state index contributed by atoms with van der Waals surface area (Å²) in [5.74, 6) is -0.646. The molecule has 0 saturated heterocycles. The fourth-order valence-corrected chi connectivity index (χ4v) is 2.01. The van der Waals surface area contributed by atoms with E-state index in [0.29, 0.717) is 0 Å². The molecule has 0 amide bonds. The van der Waals surface area contributed by atoms with Gasteiger partial charge in [0, 0.05) is 10.7 Å². The molecule has 88 valence electrons. The summed E-state index contributed by atoms with van der Waals surface area (Å²) in [6.07, 6.45) is 3.44. The van der Waals surface area contributed by atoms with E-state index in [2.05, 4.69) is 0 Å². The van der Waals surface area contributed by atoms with Gasteiger partial charge in [0.25, 0.3) is 9.05 Å². The molecule has 0 bridgehead atoms. The third-order valence-corrected chi connectivity index (χ3v) is 3.08. The van der Waals surface area contributed by atoms with E-state index >= 15 is 0 Å². The molecule has 0 aliphatic rings. The fraction of sp³-hybridized carbons (Fsp3) is 0.200. The number of benzene rings is 1. The Morgan fingerprint density at radius 3 is 2.75 bits per heavy atom. The van der Waals surface area contributed by atoms with E-state index in [-0.39, 0.29) is 17.3 Å². The molecule has 0 saturated carbocycles. The first-order valence-electron chi connectivity index (χ1n) is 4.43. The average Bonchev–Trinajstić information content (AvgIpc) is 2.19. The van der Waals surface area contributed by atoms with Gasteiger partial charge in [-0.1, -0.05) is 12.2 Å². The lowest BCUT2D eigenvalue weighted by atomic mass is 10.3. The van der Waals surface area contributed by atoms with Crippen molar-refractivity contribution in [2.75, 3.05) is 6.61 Å². The van der Waals surface area contributed by atoms with Crippen LogP contribution in [0.3, 0.4) is 0 Å². The van der Waals surface area contributed by atoms with Crippen LogP contribution in [0.5, 0.6) is 5.75 Å². The first-order valence-corrected chi connectivity index (χ1v) is 6.74. The second-order valence-corrected chi connectivity index (χ2v) is 5.44. The molecule has 1 aromatic carbocycles. The summed E-state index contributed by atoms with van der Waals surface area (Å²) in [5.41, 5.74) is 0. The van der Waals surface area contributed by atoms with Gasteiger partial charge in [-0.2, -0.15) is 0 Å². The van der Waals surface area contributed by atoms with Gasteiger partial charge in [0.2, 0.25) is 0 Å². The van der Waals surface area contributed by atoms with Crippen LogP contribution in [-0.4, -0.2) is 15.0 Å². The van der Waals surface area contributed by atoms with Crippen molar-refractivity contribution in [2.24, 2.45) is 0 Å². The Hall–Kier alpha value is -1.07. The summed E-state index contributed by atoms with van der Waals surface area (Å²) >= 11 is 0. The molecule has 0 N–H and O–H groups in total. The van der Waals surface area contributed by atoms with Gasteiger partial charge in [-0.25, -0.2) is 12.8 Å². The Balaban J connectivity index is 3.08. The van der Waals surface area contributed by atoms with Gasteiger partial charge in [-0.3, -0.25) is 0 Å². The van der Waals surface area contributed by atoms with E-state index < -0.39 is 14.9 Å². The highest BCUT2D eigenvalue weighted by Gasteiger charge is 2.17. The molecule has 0 aliphatic heterocycles. The summed E-state index contributed by atoms with van der Waals surface area (Å²) in [7, 11) is 1.15. The summed E-state index contributed by atoms with van der Waals surface area (Å²) in [5, 5.41) is 0. The molecule has 6 heteroatoms. The average molecular weight is 265 g/mol. The van der Waals surface area contributed by atoms with Gasteiger partial charge < -0.3 is 4.74 Å². The van der Waals surface area contributed by atoms with Crippen LogP contribution in [0.15, 0.2) is 35.2 Å². The molecule has 0 radical (unpaired) electrons. The number of halogens is 2. The number of rotatable bonds is 4. The summed E-state index contributed by atoms with van der Waals surface area (Å²) in [6, 6.07) is 3.16. The van der Waals surface area contributed by atoms with Crippen molar-refractivity contribution < 1.29 is 17.5 Å². The smallest absolute Gasteiger partial charge is 0.265 e. The Bertz CT molecular complexity index is 497. The molecule has 0 aromatic heterocycles. The Morgan fingerprint density at radius 2 is 2.19 bits per heavy atom. The van der Waals surface area contributed by atoms with Crippen LogP contribution in [-0.2, 0) is 9.05 Å². The molecular weight excluding hydrogens is 255 g/mol. The highest BCUT2D eigenvalue weighted by Crippen LogP contribution is 2.27. The van der Waals surface area contributed by atoms with Gasteiger partial charge >= 0.3 is 0 Å². The highest BCUT2D eigenvalue weighted by atomic mass is 35.7. The van der Waals surface area contributed by atoms with E-state index in [4.69, 9.17) is 15.4 Å². The minimum Gasteiger partial charge on any atom is -0.488 e. The van der Waals surface area contributed by atoms with E-state index in [1.807, 2.05) is 0 Å². The molecule has 0 atom stereocenters. The van der Waals surface area contributed by atoms with Gasteiger partial charge in [-0.15, -0.1) is 0 Å². The second-order valence-electron chi connectivity index (χ2n) is 2.91. The van der Waals surface area contributed by atoms with Crippen LogP contribution in [0, 0.1) is 5.82 Å². The van der Waals surface area contributed by atoms with Crippen molar-refractivity contribution >= 4 is 19.7 Å². The molecule has 0 aliphatic carbocycles. The minimum atomic E-state index is -4.01. The van der Waals surface area contributed by atoms with E-state index in [9.17, 15) is 12.8 Å². The maximum absolute atomic E-state index is 12.9. The van der Waals surface area contributed by atoms with Gasteiger partial charge in [0.15, 0.2) is 0 Å². The predicted octanol–water partition coefficient (Wildman–Crippen LogP) is 2.71. The normalized spacial score (nSPS) is 11.9. The van der Waals surface area contributed by atoms with Crippen molar-refractivity contribution in [2.45, 2.75) is 11.8 Å². The Kier molecular flexibility index (Phi) is 4.32. The number of ether oxygens (including phenoxy) is 1. The Labute approximate surface area is 97.9 Å². The fourth-order valence-electron chi connectivity index (χ4n) is 1.03. The van der Waals surface area contributed by atoms with Crippen molar-refractivity contribution in [1.82, 2.24) is 0 Å². The van der Waals surface area contributed by atoms with Crippen molar-refractivity contribution in [1.29, 1.82) is 0 Å². The van der Waals surface area contributed by atoms with Gasteiger partial charge in [0.05, 0.1) is 0 Å². The molecule has 16 heavy (non-hydrogen) atoms. The SMILES string of the molecule is C/C=C/COc1ccc(F)cc1S(=O)(=O)Cl. The molecule has 0 unspecified atom stereocenters. The van der Waals surface area contributed by atoms with E-state index in [0.717, 1.165) is 12.1 Å². The quantitative estimate of drug-likeness (QED) is 0.620. The lowest BCUT2D eigenvalue weighted by Gasteiger charge is -2.07. The lowest BCUT2D eigenvalue weighted by Crippen LogP contribution is -2.00. The zero-order valence-corrected chi connectivity index (χ0v) is 10.1. The monoisotopic (exact) mass is 264 g/mol. The van der Waals surface area contributed by atoms with Crippen LogP contribution in [0.2, 0.25) is 0 Å². The van der Waals surface area contributed by atoms with Crippen LogP contribution in [0.1, 0.15) is 6.92 Å². The van der Waals surface area contributed by atoms with Gasteiger partial charge in [0.1, 0.15) is 23.1 Å².